The number of nitrogens with one attached hydrogen (secondary N) is 1. The Bertz CT molecular complexity index is 214. The number of unbranched alkanes of at least 4 members (excludes halogenated alkanes) is 1. The molecule has 2 N–H and O–H groups in total. The van der Waals surface area contributed by atoms with Crippen LogP contribution in [0.5, 0.6) is 0 Å². The maximum atomic E-state index is 11.4. The molecule has 0 amide bonds. The molecule has 1 saturated carbocycles. The molecule has 1 rings (SSSR count). The average Bonchev–Trinajstić information content (AvgIpc) is 2.30. The van der Waals surface area contributed by atoms with E-state index in [1.165, 1.54) is 6.42 Å². The van der Waals surface area contributed by atoms with Gasteiger partial charge in [0.1, 0.15) is 5.54 Å². The van der Waals surface area contributed by atoms with E-state index in [-0.39, 0.29) is 0 Å². The Morgan fingerprint density at radius 3 is 2.44 bits per heavy atom. The van der Waals surface area contributed by atoms with E-state index < -0.39 is 11.5 Å². The molecule has 0 aliphatic heterocycles. The van der Waals surface area contributed by atoms with E-state index in [2.05, 4.69) is 19.2 Å². The van der Waals surface area contributed by atoms with E-state index in [1.807, 2.05) is 0 Å². The molecule has 0 radical (unpaired) electrons. The number of hydrogen-bond donors (Lipinski definition) is 2. The minimum Gasteiger partial charge on any atom is -0.480 e. The van der Waals surface area contributed by atoms with Crippen molar-refractivity contribution in [1.82, 2.24) is 5.32 Å². The Hall–Kier alpha value is -0.570. The van der Waals surface area contributed by atoms with Gasteiger partial charge in [0.05, 0.1) is 0 Å². The molecule has 0 heterocycles. The number of carboxylic acid groups (broad SMARTS) is 1. The van der Waals surface area contributed by atoms with E-state index in [9.17, 15) is 9.90 Å². The van der Waals surface area contributed by atoms with Gasteiger partial charge in [-0.3, -0.25) is 4.79 Å². The van der Waals surface area contributed by atoms with Gasteiger partial charge >= 0.3 is 5.97 Å². The smallest absolute Gasteiger partial charge is 0.323 e. The first kappa shape index (κ1) is 13.5. The van der Waals surface area contributed by atoms with Gasteiger partial charge in [0.2, 0.25) is 0 Å². The molecule has 3 nitrogen and oxygen atoms in total. The summed E-state index contributed by atoms with van der Waals surface area (Å²) in [7, 11) is 0. The monoisotopic (exact) mass is 227 g/mol. The molecule has 1 aliphatic rings. The third-order valence-corrected chi connectivity index (χ3v) is 3.94. The lowest BCUT2D eigenvalue weighted by Gasteiger charge is -2.37. The summed E-state index contributed by atoms with van der Waals surface area (Å²) in [6.07, 6.45) is 7.07. The lowest BCUT2D eigenvalue weighted by Crippen LogP contribution is -2.54. The third-order valence-electron chi connectivity index (χ3n) is 3.94. The van der Waals surface area contributed by atoms with E-state index in [4.69, 9.17) is 0 Å². The van der Waals surface area contributed by atoms with Crippen LogP contribution in [0, 0.1) is 5.92 Å². The van der Waals surface area contributed by atoms with Crippen LogP contribution in [0.1, 0.15) is 58.8 Å². The Morgan fingerprint density at radius 2 is 2.00 bits per heavy atom. The first-order chi connectivity index (χ1) is 7.64. The van der Waals surface area contributed by atoms with Crippen LogP contribution in [0.3, 0.4) is 0 Å². The van der Waals surface area contributed by atoms with E-state index in [0.717, 1.165) is 51.0 Å². The van der Waals surface area contributed by atoms with Gasteiger partial charge in [-0.1, -0.05) is 26.7 Å². The summed E-state index contributed by atoms with van der Waals surface area (Å²) in [5.41, 5.74) is -0.624. The maximum Gasteiger partial charge on any atom is 0.323 e. The number of rotatable bonds is 6. The fourth-order valence-corrected chi connectivity index (χ4v) is 2.55. The van der Waals surface area contributed by atoms with Crippen molar-refractivity contribution in [3.8, 4) is 0 Å². The molecule has 0 aromatic rings. The van der Waals surface area contributed by atoms with Crippen molar-refractivity contribution >= 4 is 5.97 Å². The molecular weight excluding hydrogens is 202 g/mol. The summed E-state index contributed by atoms with van der Waals surface area (Å²) >= 11 is 0. The van der Waals surface area contributed by atoms with Crippen molar-refractivity contribution in [2.75, 3.05) is 6.54 Å². The normalized spacial score (nSPS) is 30.2. The largest absolute Gasteiger partial charge is 0.480 e. The number of carboxylic acids is 1. The molecule has 3 heteroatoms. The van der Waals surface area contributed by atoms with Crippen molar-refractivity contribution < 1.29 is 9.90 Å². The van der Waals surface area contributed by atoms with Gasteiger partial charge in [0.25, 0.3) is 0 Å². The molecule has 0 saturated heterocycles. The van der Waals surface area contributed by atoms with E-state index in [1.54, 1.807) is 0 Å². The molecule has 1 fully saturated rings. The molecule has 0 atom stereocenters. The van der Waals surface area contributed by atoms with Crippen LogP contribution in [0.4, 0.5) is 0 Å². The summed E-state index contributed by atoms with van der Waals surface area (Å²) in [6, 6.07) is 0. The highest BCUT2D eigenvalue weighted by atomic mass is 16.4. The molecular formula is C13H25NO2. The van der Waals surface area contributed by atoms with Crippen LogP contribution >= 0.6 is 0 Å². The second-order valence-electron chi connectivity index (χ2n) is 5.02. The summed E-state index contributed by atoms with van der Waals surface area (Å²) < 4.78 is 0. The van der Waals surface area contributed by atoms with Gasteiger partial charge in [-0.05, 0) is 44.6 Å². The van der Waals surface area contributed by atoms with Crippen LogP contribution in [0.25, 0.3) is 0 Å². The maximum absolute atomic E-state index is 11.4. The topological polar surface area (TPSA) is 49.3 Å². The number of carbonyl (C=O) groups is 1. The fraction of sp³-hybridized carbons (Fsp3) is 0.923. The first-order valence-corrected chi connectivity index (χ1v) is 6.63. The Morgan fingerprint density at radius 1 is 1.38 bits per heavy atom. The minimum absolute atomic E-state index is 0.624. The highest BCUT2D eigenvalue weighted by molar-refractivity contribution is 5.78. The summed E-state index contributed by atoms with van der Waals surface area (Å²) in [5.74, 6) is 0.0820. The van der Waals surface area contributed by atoms with Crippen molar-refractivity contribution in [1.29, 1.82) is 0 Å². The van der Waals surface area contributed by atoms with Gasteiger partial charge in [-0.2, -0.15) is 0 Å². The highest BCUT2D eigenvalue weighted by Crippen LogP contribution is 2.33. The zero-order valence-corrected chi connectivity index (χ0v) is 10.6. The fourth-order valence-electron chi connectivity index (χ4n) is 2.55. The van der Waals surface area contributed by atoms with Crippen molar-refractivity contribution in [3.05, 3.63) is 0 Å². The molecule has 0 aromatic carbocycles. The average molecular weight is 227 g/mol. The van der Waals surface area contributed by atoms with Crippen molar-refractivity contribution in [3.63, 3.8) is 0 Å². The van der Waals surface area contributed by atoms with Gasteiger partial charge in [0, 0.05) is 0 Å². The molecule has 16 heavy (non-hydrogen) atoms. The standard InChI is InChI=1S/C13H25NO2/c1-3-5-10-14-13(12(15)16)8-6-11(4-2)7-9-13/h11,14H,3-10H2,1-2H3,(H,15,16). The molecule has 0 aromatic heterocycles. The minimum atomic E-state index is -0.654. The van der Waals surface area contributed by atoms with Gasteiger partial charge in [-0.25, -0.2) is 0 Å². The van der Waals surface area contributed by atoms with Crippen LogP contribution in [-0.4, -0.2) is 23.2 Å². The van der Waals surface area contributed by atoms with Gasteiger partial charge in [0.15, 0.2) is 0 Å². The number of hydrogen-bond acceptors (Lipinski definition) is 2. The summed E-state index contributed by atoms with van der Waals surface area (Å²) in [5, 5.41) is 12.7. The van der Waals surface area contributed by atoms with E-state index >= 15 is 0 Å². The van der Waals surface area contributed by atoms with Gasteiger partial charge in [-0.15, -0.1) is 0 Å². The molecule has 0 bridgehead atoms. The Labute approximate surface area is 98.6 Å². The van der Waals surface area contributed by atoms with Crippen LogP contribution < -0.4 is 5.32 Å². The second-order valence-corrected chi connectivity index (χ2v) is 5.02. The van der Waals surface area contributed by atoms with Crippen LogP contribution in [0.15, 0.2) is 0 Å². The predicted octanol–water partition coefficient (Wildman–Crippen LogP) is 2.80. The SMILES string of the molecule is CCCCNC1(C(=O)O)CCC(CC)CC1. The zero-order valence-electron chi connectivity index (χ0n) is 10.6. The highest BCUT2D eigenvalue weighted by Gasteiger charge is 2.40. The van der Waals surface area contributed by atoms with E-state index in [0.29, 0.717) is 0 Å². The lowest BCUT2D eigenvalue weighted by molar-refractivity contribution is -0.146. The quantitative estimate of drug-likeness (QED) is 0.686. The third kappa shape index (κ3) is 3.21. The predicted molar refractivity (Wildman–Crippen MR) is 65.5 cm³/mol. The lowest BCUT2D eigenvalue weighted by atomic mass is 9.75. The summed E-state index contributed by atoms with van der Waals surface area (Å²) in [6.45, 7) is 5.16. The van der Waals surface area contributed by atoms with Crippen molar-refractivity contribution in [2.24, 2.45) is 5.92 Å². The van der Waals surface area contributed by atoms with Crippen molar-refractivity contribution in [2.45, 2.75) is 64.3 Å². The molecule has 1 aliphatic carbocycles. The first-order valence-electron chi connectivity index (χ1n) is 6.63. The number of aliphatic carboxylic acids is 1. The second kappa shape index (κ2) is 6.24. The van der Waals surface area contributed by atoms with Crippen LogP contribution in [-0.2, 0) is 4.79 Å². The summed E-state index contributed by atoms with van der Waals surface area (Å²) in [4.78, 5) is 11.4. The molecule has 0 unspecified atom stereocenters. The van der Waals surface area contributed by atoms with Crippen LogP contribution in [0.2, 0.25) is 0 Å². The Balaban J connectivity index is 2.51. The zero-order chi connectivity index (χ0) is 12.0. The molecule has 94 valence electrons. The van der Waals surface area contributed by atoms with Gasteiger partial charge < -0.3 is 10.4 Å². The Kier molecular flexibility index (Phi) is 5.26. The molecule has 0 spiro atoms.